The number of Topliss-reactive ketones (excluding diaryl/α,β-unsaturated/α-hetero) is 1. The Kier molecular flexibility index (Phi) is 16.3. The number of nitrogens with zero attached hydrogens (tertiary/aromatic N) is 3. The number of aromatic nitrogens is 1. The maximum absolute atomic E-state index is 14.0. The summed E-state index contributed by atoms with van der Waals surface area (Å²) in [5, 5.41) is 26.2. The summed E-state index contributed by atoms with van der Waals surface area (Å²) < 4.78 is 17.9. The number of amides is 3. The molecule has 3 amide bonds. The molecule has 6 rings (SSSR count). The van der Waals surface area contributed by atoms with Gasteiger partial charge in [-0.25, -0.2) is 0 Å². The second-order valence-corrected chi connectivity index (χ2v) is 20.9. The molecule has 1 aliphatic heterocycles. The molecule has 3 atom stereocenters. The van der Waals surface area contributed by atoms with E-state index in [0.29, 0.717) is 53.7 Å². The number of carbonyl (C=O) groups excluding carboxylic acids is 4. The van der Waals surface area contributed by atoms with E-state index in [-0.39, 0.29) is 60.7 Å². The molecule has 1 aromatic heterocycles. The van der Waals surface area contributed by atoms with Gasteiger partial charge in [0.15, 0.2) is 5.78 Å². The number of nitriles is 1. The molecule has 352 valence electrons. The Morgan fingerprint density at radius 1 is 0.970 bits per heavy atom. The van der Waals surface area contributed by atoms with Gasteiger partial charge < -0.3 is 34.9 Å². The first-order valence-corrected chi connectivity index (χ1v) is 23.8. The maximum atomic E-state index is 14.0. The van der Waals surface area contributed by atoms with Crippen LogP contribution in [0.2, 0.25) is 5.02 Å². The lowest BCUT2D eigenvalue weighted by Crippen LogP contribution is -2.74. The number of aryl methyl sites for hydroxylation is 1. The number of nitrogens with one attached hydrogen (secondary N) is 2. The molecule has 1 saturated carbocycles. The summed E-state index contributed by atoms with van der Waals surface area (Å²) in [6, 6.07) is 20.3. The van der Waals surface area contributed by atoms with E-state index in [0.717, 1.165) is 28.8 Å². The molecular formula is C51H62ClN5O8S. The predicted molar refractivity (Wildman–Crippen MR) is 254 cm³/mol. The molecule has 1 aliphatic carbocycles. The molecule has 0 spiro atoms. The quantitative estimate of drug-likeness (QED) is 0.0732. The number of hydrogen-bond donors (Lipinski definition) is 3. The Bertz CT molecular complexity index is 2340. The molecule has 15 heteroatoms. The van der Waals surface area contributed by atoms with Gasteiger partial charge in [0.25, 0.3) is 5.91 Å². The van der Waals surface area contributed by atoms with Crippen molar-refractivity contribution in [3.8, 4) is 28.0 Å². The molecule has 2 fully saturated rings. The molecule has 0 unspecified atom stereocenters. The molecule has 1 saturated heterocycles. The monoisotopic (exact) mass is 939 g/mol. The highest BCUT2D eigenvalue weighted by Crippen LogP contribution is 2.55. The van der Waals surface area contributed by atoms with Crippen molar-refractivity contribution in [2.45, 2.75) is 117 Å². The standard InChI is InChI=1S/C51H62ClN5O8S/c1-49(2,3)44(46(62)57-29-36(58)25-40(57)41(59)22-13-32-11-14-33(15-12-32)42-28-54-31-66-42)55-43(60)30-63-23-9-8-10-24-64-37-19-16-34(17-20-37)45(61)56-47-50(4,5)48(51(47,6)7)65-38-21-18-35(27-53)39(52)26-38/h11-12,14-21,26,28,31,36,40,44,47-48,58H,8-10,13,22-25,29-30H2,1-7H3,(H,55,60)(H,56,61)/t36-,40+,44-,47?,48?/m1/s1. The molecule has 2 heterocycles. The summed E-state index contributed by atoms with van der Waals surface area (Å²) in [5.74, 6) is 0.0834. The van der Waals surface area contributed by atoms with Gasteiger partial charge in [0.2, 0.25) is 11.8 Å². The Labute approximate surface area is 397 Å². The molecule has 3 aromatic carbocycles. The number of halogens is 1. The molecule has 0 radical (unpaired) electrons. The van der Waals surface area contributed by atoms with Crippen molar-refractivity contribution in [3.63, 3.8) is 0 Å². The van der Waals surface area contributed by atoms with Crippen molar-refractivity contribution in [1.29, 1.82) is 5.26 Å². The lowest BCUT2D eigenvalue weighted by molar-refractivity contribution is -0.164. The SMILES string of the molecule is CC1(C)C(NC(=O)c2ccc(OCCCCCOCC(=O)N[C@H](C(=O)N3C[C@H](O)C[C@H]3C(=O)CCc3ccc(-c4cncs4)cc3)C(C)(C)C)cc2)C(C)(C)C1Oc1ccc(C#N)c(Cl)c1. The summed E-state index contributed by atoms with van der Waals surface area (Å²) in [4.78, 5) is 60.5. The van der Waals surface area contributed by atoms with Crippen molar-refractivity contribution in [3.05, 3.63) is 100 Å². The molecule has 13 nitrogen and oxygen atoms in total. The first-order chi connectivity index (χ1) is 31.3. The van der Waals surface area contributed by atoms with Crippen LogP contribution < -0.4 is 20.1 Å². The van der Waals surface area contributed by atoms with Gasteiger partial charge in [-0.15, -0.1) is 11.3 Å². The summed E-state index contributed by atoms with van der Waals surface area (Å²) in [5.41, 5.74) is 3.30. The Balaban J connectivity index is 0.875. The van der Waals surface area contributed by atoms with Crippen LogP contribution in [0.15, 0.2) is 78.4 Å². The second-order valence-electron chi connectivity index (χ2n) is 19.6. The highest BCUT2D eigenvalue weighted by Gasteiger charge is 2.64. The fraction of sp³-hybridized carbons (Fsp3) is 0.490. The Morgan fingerprint density at radius 2 is 1.65 bits per heavy atom. The first kappa shape index (κ1) is 50.1. The van der Waals surface area contributed by atoms with Crippen LogP contribution in [0.4, 0.5) is 0 Å². The van der Waals surface area contributed by atoms with Crippen LogP contribution in [-0.2, 0) is 25.5 Å². The molecular weight excluding hydrogens is 878 g/mol. The number of rotatable bonds is 20. The number of aliphatic hydroxyl groups is 1. The van der Waals surface area contributed by atoms with E-state index in [4.69, 9.17) is 25.8 Å². The zero-order valence-electron chi connectivity index (χ0n) is 38.9. The number of unbranched alkanes of at least 4 members (excludes halogenated alkanes) is 2. The number of ketones is 1. The van der Waals surface area contributed by atoms with Crippen LogP contribution in [-0.4, -0.2) is 95.2 Å². The van der Waals surface area contributed by atoms with E-state index < -0.39 is 35.4 Å². The van der Waals surface area contributed by atoms with Crippen LogP contribution in [0, 0.1) is 27.6 Å². The van der Waals surface area contributed by atoms with Gasteiger partial charge >= 0.3 is 0 Å². The summed E-state index contributed by atoms with van der Waals surface area (Å²) >= 11 is 7.79. The average Bonchev–Trinajstić information content (AvgIpc) is 3.97. The second kappa shape index (κ2) is 21.5. The third kappa shape index (κ3) is 12.2. The predicted octanol–water partition coefficient (Wildman–Crippen LogP) is 8.21. The van der Waals surface area contributed by atoms with Gasteiger partial charge in [-0.2, -0.15) is 5.26 Å². The number of benzene rings is 3. The zero-order chi connectivity index (χ0) is 47.8. The summed E-state index contributed by atoms with van der Waals surface area (Å²) in [6.07, 6.45) is 3.92. The van der Waals surface area contributed by atoms with Crippen molar-refractivity contribution in [2.75, 3.05) is 26.4 Å². The van der Waals surface area contributed by atoms with E-state index >= 15 is 0 Å². The van der Waals surface area contributed by atoms with E-state index in [9.17, 15) is 29.5 Å². The highest BCUT2D eigenvalue weighted by molar-refractivity contribution is 7.13. The van der Waals surface area contributed by atoms with E-state index in [1.54, 1.807) is 59.3 Å². The topological polar surface area (TPSA) is 180 Å². The summed E-state index contributed by atoms with van der Waals surface area (Å²) in [7, 11) is 0. The molecule has 66 heavy (non-hydrogen) atoms. The average molecular weight is 941 g/mol. The van der Waals surface area contributed by atoms with E-state index in [1.807, 2.05) is 51.2 Å². The van der Waals surface area contributed by atoms with E-state index in [1.165, 1.54) is 4.90 Å². The fourth-order valence-electron chi connectivity index (χ4n) is 9.36. The molecule has 0 bridgehead atoms. The van der Waals surface area contributed by atoms with Crippen molar-refractivity contribution in [1.82, 2.24) is 20.5 Å². The maximum Gasteiger partial charge on any atom is 0.251 e. The van der Waals surface area contributed by atoms with Crippen LogP contribution in [0.5, 0.6) is 11.5 Å². The van der Waals surface area contributed by atoms with Crippen LogP contribution in [0.25, 0.3) is 10.4 Å². The fourth-order valence-corrected chi connectivity index (χ4v) is 10.2. The number of likely N-dealkylation sites (tertiary alicyclic amines) is 1. The van der Waals surface area contributed by atoms with Crippen molar-refractivity contribution in [2.24, 2.45) is 16.2 Å². The minimum atomic E-state index is -0.924. The largest absolute Gasteiger partial charge is 0.494 e. The van der Waals surface area contributed by atoms with Gasteiger partial charge in [0.05, 0.1) is 39.7 Å². The Hall–Kier alpha value is -5.33. The highest BCUT2D eigenvalue weighted by atomic mass is 35.5. The number of hydrogen-bond acceptors (Lipinski definition) is 11. The molecule has 2 aliphatic rings. The molecule has 4 aromatic rings. The van der Waals surface area contributed by atoms with Gasteiger partial charge in [0.1, 0.15) is 36.3 Å². The van der Waals surface area contributed by atoms with Crippen LogP contribution >= 0.6 is 22.9 Å². The lowest BCUT2D eigenvalue weighted by atomic mass is 9.49. The van der Waals surface area contributed by atoms with Crippen LogP contribution in [0.3, 0.4) is 0 Å². The minimum Gasteiger partial charge on any atom is -0.494 e. The van der Waals surface area contributed by atoms with E-state index in [2.05, 4.69) is 49.4 Å². The van der Waals surface area contributed by atoms with Gasteiger partial charge in [-0.1, -0.05) is 84.3 Å². The zero-order valence-corrected chi connectivity index (χ0v) is 40.5. The third-order valence-corrected chi connectivity index (χ3v) is 13.8. The normalized spacial score (nSPS) is 20.1. The Morgan fingerprint density at radius 3 is 2.29 bits per heavy atom. The van der Waals surface area contributed by atoms with Crippen molar-refractivity contribution >= 4 is 46.4 Å². The van der Waals surface area contributed by atoms with Gasteiger partial charge in [-0.05, 0) is 78.6 Å². The number of ether oxygens (including phenoxy) is 3. The van der Waals surface area contributed by atoms with Crippen molar-refractivity contribution < 1.29 is 38.5 Å². The first-order valence-electron chi connectivity index (χ1n) is 22.6. The van der Waals surface area contributed by atoms with Gasteiger partial charge in [0, 0.05) is 60.7 Å². The molecule has 3 N–H and O–H groups in total. The number of thiazole rings is 1. The minimum absolute atomic E-state index is 0.0276. The number of β-amino-alcohol motifs (C(OH)–C–C–N with tert-alkyl or cyclic N) is 1. The lowest BCUT2D eigenvalue weighted by Gasteiger charge is -2.63. The number of carbonyl (C=O) groups is 4. The summed E-state index contributed by atoms with van der Waals surface area (Å²) in [6.45, 7) is 14.4. The smallest absolute Gasteiger partial charge is 0.251 e. The van der Waals surface area contributed by atoms with Crippen LogP contribution in [0.1, 0.15) is 102 Å². The van der Waals surface area contributed by atoms with Gasteiger partial charge in [-0.3, -0.25) is 24.2 Å². The third-order valence-electron chi connectivity index (χ3n) is 12.7. The number of aliphatic hydroxyl groups excluding tert-OH is 1.